The number of methoxy groups -OCH3 is 1. The van der Waals surface area contributed by atoms with Gasteiger partial charge in [-0.05, 0) is 12.1 Å². The fraction of sp³-hybridized carbons (Fsp3) is 0.333. The molecule has 0 saturated carbocycles. The SMILES string of the molecule is COCc1noc(-c2ccc(CN)o2)n1. The third-order valence-electron chi connectivity index (χ3n) is 1.82. The minimum absolute atomic E-state index is 0.313. The number of nitrogens with two attached hydrogens (primary N) is 1. The number of rotatable bonds is 4. The lowest BCUT2D eigenvalue weighted by atomic mass is 10.4. The Morgan fingerprint density at radius 2 is 2.33 bits per heavy atom. The molecule has 2 rings (SSSR count). The van der Waals surface area contributed by atoms with E-state index in [2.05, 4.69) is 10.1 Å². The van der Waals surface area contributed by atoms with Crippen molar-refractivity contribution in [2.24, 2.45) is 5.73 Å². The molecule has 2 heterocycles. The predicted octanol–water partition coefficient (Wildman–Crippen LogP) is 0.935. The maximum absolute atomic E-state index is 5.41. The number of ether oxygens (including phenoxy) is 1. The lowest BCUT2D eigenvalue weighted by Gasteiger charge is -1.88. The molecule has 2 aromatic heterocycles. The van der Waals surface area contributed by atoms with Crippen molar-refractivity contribution in [3.63, 3.8) is 0 Å². The number of aromatic nitrogens is 2. The van der Waals surface area contributed by atoms with Gasteiger partial charge in [0.1, 0.15) is 12.4 Å². The Hall–Kier alpha value is -1.66. The van der Waals surface area contributed by atoms with Gasteiger partial charge in [0.15, 0.2) is 11.6 Å². The molecule has 15 heavy (non-hydrogen) atoms. The Morgan fingerprint density at radius 3 is 3.00 bits per heavy atom. The molecule has 0 spiro atoms. The topological polar surface area (TPSA) is 87.3 Å². The number of hydrogen-bond donors (Lipinski definition) is 1. The van der Waals surface area contributed by atoms with E-state index < -0.39 is 0 Å². The van der Waals surface area contributed by atoms with Gasteiger partial charge in [0.25, 0.3) is 5.89 Å². The highest BCUT2D eigenvalue weighted by Crippen LogP contribution is 2.20. The van der Waals surface area contributed by atoms with Crippen LogP contribution in [0.4, 0.5) is 0 Å². The molecule has 0 saturated heterocycles. The molecule has 0 radical (unpaired) electrons. The Labute approximate surface area is 86.0 Å². The number of furan rings is 1. The highest BCUT2D eigenvalue weighted by molar-refractivity contribution is 5.44. The van der Waals surface area contributed by atoms with Gasteiger partial charge in [-0.3, -0.25) is 0 Å². The van der Waals surface area contributed by atoms with Crippen LogP contribution in [0.3, 0.4) is 0 Å². The first-order valence-corrected chi connectivity index (χ1v) is 4.44. The zero-order valence-electron chi connectivity index (χ0n) is 8.27. The van der Waals surface area contributed by atoms with Crippen LogP contribution in [0.1, 0.15) is 11.6 Å². The van der Waals surface area contributed by atoms with E-state index in [1.807, 2.05) is 0 Å². The quantitative estimate of drug-likeness (QED) is 0.806. The second-order valence-corrected chi connectivity index (χ2v) is 2.92. The third-order valence-corrected chi connectivity index (χ3v) is 1.82. The molecule has 6 heteroatoms. The molecule has 0 aliphatic heterocycles. The Bertz CT molecular complexity index is 435. The summed E-state index contributed by atoms with van der Waals surface area (Å²) in [5, 5.41) is 3.72. The molecule has 2 aromatic rings. The maximum atomic E-state index is 5.41. The lowest BCUT2D eigenvalue weighted by molar-refractivity contribution is 0.174. The van der Waals surface area contributed by atoms with E-state index in [1.165, 1.54) is 0 Å². The number of nitrogens with zero attached hydrogens (tertiary/aromatic N) is 2. The van der Waals surface area contributed by atoms with Gasteiger partial charge < -0.3 is 19.4 Å². The fourth-order valence-electron chi connectivity index (χ4n) is 1.14. The van der Waals surface area contributed by atoms with Gasteiger partial charge in [-0.1, -0.05) is 5.16 Å². The van der Waals surface area contributed by atoms with Crippen LogP contribution in [0.2, 0.25) is 0 Å². The molecule has 0 bridgehead atoms. The van der Waals surface area contributed by atoms with E-state index >= 15 is 0 Å². The normalized spacial score (nSPS) is 10.8. The van der Waals surface area contributed by atoms with Crippen LogP contribution in [0.5, 0.6) is 0 Å². The molecule has 0 aliphatic carbocycles. The van der Waals surface area contributed by atoms with Crippen LogP contribution < -0.4 is 5.73 Å². The maximum Gasteiger partial charge on any atom is 0.293 e. The number of hydrogen-bond acceptors (Lipinski definition) is 6. The average molecular weight is 209 g/mol. The first-order chi connectivity index (χ1) is 7.33. The van der Waals surface area contributed by atoms with Gasteiger partial charge in [0, 0.05) is 7.11 Å². The minimum atomic E-state index is 0.313. The van der Waals surface area contributed by atoms with Crippen molar-refractivity contribution in [2.45, 2.75) is 13.2 Å². The minimum Gasteiger partial charge on any atom is -0.455 e. The Morgan fingerprint density at radius 1 is 1.47 bits per heavy atom. The van der Waals surface area contributed by atoms with Crippen LogP contribution in [0, 0.1) is 0 Å². The second-order valence-electron chi connectivity index (χ2n) is 2.92. The molecular weight excluding hydrogens is 198 g/mol. The molecule has 0 aliphatic rings. The highest BCUT2D eigenvalue weighted by Gasteiger charge is 2.12. The standard InChI is InChI=1S/C9H11N3O3/c1-13-5-8-11-9(15-12-8)7-3-2-6(4-10)14-7/h2-3H,4-5,10H2,1H3. The van der Waals surface area contributed by atoms with E-state index in [4.69, 9.17) is 19.4 Å². The zero-order chi connectivity index (χ0) is 10.7. The molecule has 0 unspecified atom stereocenters. The smallest absolute Gasteiger partial charge is 0.293 e. The van der Waals surface area contributed by atoms with Crippen LogP contribution in [-0.4, -0.2) is 17.3 Å². The molecule has 0 atom stereocenters. The molecule has 0 fully saturated rings. The summed E-state index contributed by atoms with van der Waals surface area (Å²) >= 11 is 0. The first kappa shape index (κ1) is 9.88. The summed E-state index contributed by atoms with van der Waals surface area (Å²) in [6, 6.07) is 3.52. The van der Waals surface area contributed by atoms with Gasteiger partial charge in [-0.15, -0.1) is 0 Å². The van der Waals surface area contributed by atoms with Crippen molar-refractivity contribution in [1.29, 1.82) is 0 Å². The summed E-state index contributed by atoms with van der Waals surface area (Å²) in [4.78, 5) is 4.08. The van der Waals surface area contributed by atoms with Gasteiger partial charge in [0.2, 0.25) is 0 Å². The first-order valence-electron chi connectivity index (χ1n) is 4.44. The molecule has 0 amide bonds. The van der Waals surface area contributed by atoms with Gasteiger partial charge in [-0.2, -0.15) is 4.98 Å². The zero-order valence-corrected chi connectivity index (χ0v) is 8.27. The van der Waals surface area contributed by atoms with Gasteiger partial charge in [-0.25, -0.2) is 0 Å². The third kappa shape index (κ3) is 2.05. The summed E-state index contributed by atoms with van der Waals surface area (Å²) in [5.41, 5.74) is 5.41. The van der Waals surface area contributed by atoms with Crippen LogP contribution in [0.25, 0.3) is 11.7 Å². The van der Waals surface area contributed by atoms with E-state index in [-0.39, 0.29) is 0 Å². The predicted molar refractivity (Wildman–Crippen MR) is 50.6 cm³/mol. The van der Waals surface area contributed by atoms with Crippen molar-refractivity contribution < 1.29 is 13.7 Å². The molecule has 0 aromatic carbocycles. The van der Waals surface area contributed by atoms with Crippen molar-refractivity contribution in [3.8, 4) is 11.7 Å². The molecule has 2 N–H and O–H groups in total. The summed E-state index contributed by atoms with van der Waals surface area (Å²) in [6.07, 6.45) is 0. The summed E-state index contributed by atoms with van der Waals surface area (Å²) in [7, 11) is 1.56. The monoisotopic (exact) mass is 209 g/mol. The van der Waals surface area contributed by atoms with Gasteiger partial charge in [0.05, 0.1) is 6.54 Å². The summed E-state index contributed by atoms with van der Waals surface area (Å²) in [6.45, 7) is 0.660. The van der Waals surface area contributed by atoms with E-state index in [1.54, 1.807) is 19.2 Å². The van der Waals surface area contributed by atoms with Crippen molar-refractivity contribution in [2.75, 3.05) is 7.11 Å². The van der Waals surface area contributed by atoms with E-state index in [9.17, 15) is 0 Å². The van der Waals surface area contributed by atoms with Crippen molar-refractivity contribution in [3.05, 3.63) is 23.7 Å². The summed E-state index contributed by atoms with van der Waals surface area (Å²) < 4.78 is 15.2. The van der Waals surface area contributed by atoms with Crippen molar-refractivity contribution in [1.82, 2.24) is 10.1 Å². The Kier molecular flexibility index (Phi) is 2.79. The average Bonchev–Trinajstić information content (AvgIpc) is 2.85. The van der Waals surface area contributed by atoms with E-state index in [0.717, 1.165) is 0 Å². The van der Waals surface area contributed by atoms with E-state index in [0.29, 0.717) is 36.4 Å². The fourth-order valence-corrected chi connectivity index (χ4v) is 1.14. The highest BCUT2D eigenvalue weighted by atomic mass is 16.5. The second kappa shape index (κ2) is 4.24. The van der Waals surface area contributed by atoms with Crippen LogP contribution >= 0.6 is 0 Å². The molecule has 80 valence electrons. The largest absolute Gasteiger partial charge is 0.455 e. The summed E-state index contributed by atoms with van der Waals surface area (Å²) in [5.74, 6) is 2.02. The lowest BCUT2D eigenvalue weighted by Crippen LogP contribution is -1.92. The van der Waals surface area contributed by atoms with Crippen molar-refractivity contribution >= 4 is 0 Å². The van der Waals surface area contributed by atoms with Crippen LogP contribution in [0.15, 0.2) is 21.1 Å². The van der Waals surface area contributed by atoms with Gasteiger partial charge >= 0.3 is 0 Å². The Balaban J connectivity index is 2.21. The van der Waals surface area contributed by atoms with Crippen LogP contribution in [-0.2, 0) is 17.9 Å². The molecular formula is C9H11N3O3. The molecule has 6 nitrogen and oxygen atoms in total.